The van der Waals surface area contributed by atoms with Crippen molar-refractivity contribution < 1.29 is 0 Å². The number of aromatic nitrogens is 2. The fourth-order valence-electron chi connectivity index (χ4n) is 2.80. The van der Waals surface area contributed by atoms with Crippen LogP contribution in [0, 0.1) is 6.92 Å². The Labute approximate surface area is 126 Å². The number of nitrogens with one attached hydrogen (secondary N) is 1. The largest absolute Gasteiger partial charge is 0.357 e. The zero-order chi connectivity index (χ0) is 14.5. The second kappa shape index (κ2) is 6.68. The van der Waals surface area contributed by atoms with E-state index in [0.29, 0.717) is 6.04 Å². The van der Waals surface area contributed by atoms with Gasteiger partial charge in [0.05, 0.1) is 5.69 Å². The molecule has 0 spiro atoms. The molecule has 0 aromatic carbocycles. The van der Waals surface area contributed by atoms with Gasteiger partial charge in [-0.15, -0.1) is 0 Å². The predicted octanol–water partition coefficient (Wildman–Crippen LogP) is 2.54. The summed E-state index contributed by atoms with van der Waals surface area (Å²) in [7, 11) is 0. The van der Waals surface area contributed by atoms with Gasteiger partial charge in [0.2, 0.25) is 0 Å². The van der Waals surface area contributed by atoms with Gasteiger partial charge >= 0.3 is 0 Å². The summed E-state index contributed by atoms with van der Waals surface area (Å²) in [4.78, 5) is 11.3. The van der Waals surface area contributed by atoms with Crippen molar-refractivity contribution >= 4 is 5.82 Å². The first-order valence-corrected chi connectivity index (χ1v) is 7.63. The van der Waals surface area contributed by atoms with E-state index in [1.54, 1.807) is 0 Å². The molecule has 1 aliphatic rings. The maximum Gasteiger partial charge on any atom is 0.128 e. The number of nitrogens with zero attached hydrogens (tertiary/aromatic N) is 3. The van der Waals surface area contributed by atoms with Crippen LogP contribution in [0.15, 0.2) is 42.6 Å². The molecular weight excluding hydrogens is 260 g/mol. The van der Waals surface area contributed by atoms with E-state index < -0.39 is 0 Å². The van der Waals surface area contributed by atoms with Crippen molar-refractivity contribution in [2.45, 2.75) is 32.4 Å². The third-order valence-corrected chi connectivity index (χ3v) is 3.99. The Kier molecular flexibility index (Phi) is 4.46. The SMILES string of the molecule is Cc1cccc(CNC2CCN(c3ccccn3)CC2)n1. The minimum Gasteiger partial charge on any atom is -0.357 e. The molecular formula is C17H22N4. The van der Waals surface area contributed by atoms with E-state index in [9.17, 15) is 0 Å². The molecule has 1 aliphatic heterocycles. The van der Waals surface area contributed by atoms with Gasteiger partial charge < -0.3 is 10.2 Å². The predicted molar refractivity (Wildman–Crippen MR) is 85.3 cm³/mol. The molecule has 0 amide bonds. The maximum atomic E-state index is 4.54. The fraction of sp³-hybridized carbons (Fsp3) is 0.412. The lowest BCUT2D eigenvalue weighted by Crippen LogP contribution is -2.42. The molecule has 0 aliphatic carbocycles. The average molecular weight is 282 g/mol. The summed E-state index contributed by atoms with van der Waals surface area (Å²) >= 11 is 0. The lowest BCUT2D eigenvalue weighted by Gasteiger charge is -2.33. The summed E-state index contributed by atoms with van der Waals surface area (Å²) in [6.45, 7) is 5.02. The normalized spacial score (nSPS) is 16.1. The van der Waals surface area contributed by atoms with Crippen molar-refractivity contribution in [3.05, 3.63) is 54.0 Å². The van der Waals surface area contributed by atoms with Gasteiger partial charge in [0, 0.05) is 37.6 Å². The molecule has 0 radical (unpaired) electrons. The number of pyridine rings is 2. The van der Waals surface area contributed by atoms with Crippen LogP contribution in [0.2, 0.25) is 0 Å². The van der Waals surface area contributed by atoms with Gasteiger partial charge in [-0.1, -0.05) is 12.1 Å². The molecule has 0 saturated carbocycles. The third-order valence-electron chi connectivity index (χ3n) is 3.99. The number of hydrogen-bond donors (Lipinski definition) is 1. The summed E-state index contributed by atoms with van der Waals surface area (Å²) in [5, 5.41) is 3.63. The van der Waals surface area contributed by atoms with E-state index in [0.717, 1.165) is 49.7 Å². The smallest absolute Gasteiger partial charge is 0.128 e. The monoisotopic (exact) mass is 282 g/mol. The molecule has 1 N–H and O–H groups in total. The van der Waals surface area contributed by atoms with Gasteiger partial charge in [-0.2, -0.15) is 0 Å². The zero-order valence-corrected chi connectivity index (χ0v) is 12.5. The van der Waals surface area contributed by atoms with Crippen molar-refractivity contribution in [3.8, 4) is 0 Å². The van der Waals surface area contributed by atoms with Crippen LogP contribution >= 0.6 is 0 Å². The fourth-order valence-corrected chi connectivity index (χ4v) is 2.80. The van der Waals surface area contributed by atoms with Crippen LogP contribution in [0.4, 0.5) is 5.82 Å². The molecule has 2 aromatic rings. The highest BCUT2D eigenvalue weighted by atomic mass is 15.2. The van der Waals surface area contributed by atoms with E-state index in [-0.39, 0.29) is 0 Å². The highest BCUT2D eigenvalue weighted by Crippen LogP contribution is 2.17. The molecule has 4 nitrogen and oxygen atoms in total. The Morgan fingerprint density at radius 3 is 2.71 bits per heavy atom. The lowest BCUT2D eigenvalue weighted by atomic mass is 10.0. The highest BCUT2D eigenvalue weighted by molar-refractivity contribution is 5.38. The maximum absolute atomic E-state index is 4.54. The van der Waals surface area contributed by atoms with Crippen LogP contribution in [-0.4, -0.2) is 29.1 Å². The van der Waals surface area contributed by atoms with Crippen LogP contribution < -0.4 is 10.2 Å². The second-order valence-corrected chi connectivity index (χ2v) is 5.60. The summed E-state index contributed by atoms with van der Waals surface area (Å²) in [5.41, 5.74) is 2.21. The van der Waals surface area contributed by atoms with Gasteiger partial charge in [0.25, 0.3) is 0 Å². The Morgan fingerprint density at radius 1 is 1.14 bits per heavy atom. The summed E-state index contributed by atoms with van der Waals surface area (Å²) in [5.74, 6) is 1.09. The van der Waals surface area contributed by atoms with E-state index in [1.165, 1.54) is 0 Å². The van der Waals surface area contributed by atoms with Crippen molar-refractivity contribution in [3.63, 3.8) is 0 Å². The molecule has 2 aromatic heterocycles. The third kappa shape index (κ3) is 3.79. The number of rotatable bonds is 4. The lowest BCUT2D eigenvalue weighted by molar-refractivity contribution is 0.410. The van der Waals surface area contributed by atoms with Crippen molar-refractivity contribution in [2.75, 3.05) is 18.0 Å². The van der Waals surface area contributed by atoms with Crippen LogP contribution in [0.3, 0.4) is 0 Å². The first kappa shape index (κ1) is 14.0. The molecule has 0 unspecified atom stereocenters. The van der Waals surface area contributed by atoms with Crippen molar-refractivity contribution in [1.29, 1.82) is 0 Å². The molecule has 3 rings (SSSR count). The standard InChI is InChI=1S/C17H22N4/c1-14-5-4-6-16(20-14)13-19-15-8-11-21(12-9-15)17-7-2-3-10-18-17/h2-7,10,15,19H,8-9,11-13H2,1H3. The molecule has 21 heavy (non-hydrogen) atoms. The van der Waals surface area contributed by atoms with E-state index >= 15 is 0 Å². The molecule has 0 atom stereocenters. The van der Waals surface area contributed by atoms with Crippen LogP contribution in [0.5, 0.6) is 0 Å². The Morgan fingerprint density at radius 2 is 2.00 bits per heavy atom. The molecule has 3 heterocycles. The van der Waals surface area contributed by atoms with Crippen LogP contribution in [0.1, 0.15) is 24.2 Å². The van der Waals surface area contributed by atoms with Gasteiger partial charge in [-0.25, -0.2) is 4.98 Å². The van der Waals surface area contributed by atoms with Gasteiger partial charge in [-0.05, 0) is 44.0 Å². The summed E-state index contributed by atoms with van der Waals surface area (Å²) in [6, 6.07) is 12.9. The van der Waals surface area contributed by atoms with E-state index in [1.807, 2.05) is 25.3 Å². The van der Waals surface area contributed by atoms with E-state index in [4.69, 9.17) is 0 Å². The van der Waals surface area contributed by atoms with Crippen molar-refractivity contribution in [1.82, 2.24) is 15.3 Å². The van der Waals surface area contributed by atoms with Gasteiger partial charge in [-0.3, -0.25) is 4.98 Å². The second-order valence-electron chi connectivity index (χ2n) is 5.60. The summed E-state index contributed by atoms with van der Waals surface area (Å²) < 4.78 is 0. The average Bonchev–Trinajstić information content (AvgIpc) is 2.54. The first-order chi connectivity index (χ1) is 10.3. The minimum atomic E-state index is 0.576. The molecule has 1 fully saturated rings. The van der Waals surface area contributed by atoms with Gasteiger partial charge in [0.1, 0.15) is 5.82 Å². The Hall–Kier alpha value is -1.94. The number of anilines is 1. The molecule has 110 valence electrons. The van der Waals surface area contributed by atoms with Crippen LogP contribution in [0.25, 0.3) is 0 Å². The van der Waals surface area contributed by atoms with Crippen molar-refractivity contribution in [2.24, 2.45) is 0 Å². The zero-order valence-electron chi connectivity index (χ0n) is 12.5. The molecule has 1 saturated heterocycles. The number of aryl methyl sites for hydroxylation is 1. The molecule has 4 heteroatoms. The minimum absolute atomic E-state index is 0.576. The first-order valence-electron chi connectivity index (χ1n) is 7.63. The number of hydrogen-bond acceptors (Lipinski definition) is 4. The highest BCUT2D eigenvalue weighted by Gasteiger charge is 2.19. The van der Waals surface area contributed by atoms with Gasteiger partial charge in [0.15, 0.2) is 0 Å². The molecule has 0 bridgehead atoms. The van der Waals surface area contributed by atoms with E-state index in [2.05, 4.69) is 44.5 Å². The Bertz CT molecular complexity index is 562. The topological polar surface area (TPSA) is 41.0 Å². The summed E-state index contributed by atoms with van der Waals surface area (Å²) in [6.07, 6.45) is 4.17. The quantitative estimate of drug-likeness (QED) is 0.935. The Balaban J connectivity index is 1.48. The van der Waals surface area contributed by atoms with Crippen LogP contribution in [-0.2, 0) is 6.54 Å². The number of piperidine rings is 1.